The largest absolute Gasteiger partial charge is 0.462 e. The lowest BCUT2D eigenvalue weighted by atomic mass is 10.1. The quantitative estimate of drug-likeness (QED) is 0.819. The highest BCUT2D eigenvalue weighted by Crippen LogP contribution is 2.38. The maximum atomic E-state index is 13.6. The molecule has 1 aromatic heterocycles. The normalized spacial score (nSPS) is 14.4. The zero-order chi connectivity index (χ0) is 16.0. The van der Waals surface area contributed by atoms with Crippen LogP contribution in [0.4, 0.5) is 8.78 Å². The van der Waals surface area contributed by atoms with Crippen molar-refractivity contribution >= 4 is 16.9 Å². The van der Waals surface area contributed by atoms with Crippen LogP contribution in [0.1, 0.15) is 41.9 Å². The third-order valence-electron chi connectivity index (χ3n) is 3.88. The third kappa shape index (κ3) is 2.19. The van der Waals surface area contributed by atoms with Crippen molar-refractivity contribution in [3.05, 3.63) is 45.2 Å². The minimum absolute atomic E-state index is 0.000506. The van der Waals surface area contributed by atoms with Gasteiger partial charge in [-0.2, -0.15) is 0 Å². The molecule has 1 fully saturated rings. The molecule has 3 rings (SSSR count). The van der Waals surface area contributed by atoms with Crippen LogP contribution < -0.4 is 5.43 Å². The summed E-state index contributed by atoms with van der Waals surface area (Å²) in [6.07, 6.45) is 1.75. The molecule has 1 heterocycles. The Morgan fingerprint density at radius 1 is 1.32 bits per heavy atom. The molecule has 0 N–H and O–H groups in total. The number of pyridine rings is 1. The topological polar surface area (TPSA) is 48.3 Å². The molecule has 0 unspecified atom stereocenters. The number of rotatable bonds is 3. The van der Waals surface area contributed by atoms with E-state index >= 15 is 0 Å². The van der Waals surface area contributed by atoms with Crippen LogP contribution in [0.15, 0.2) is 16.9 Å². The minimum atomic E-state index is -1.11. The zero-order valence-electron chi connectivity index (χ0n) is 12.3. The zero-order valence-corrected chi connectivity index (χ0v) is 12.3. The molecular weight excluding hydrogens is 292 g/mol. The third-order valence-corrected chi connectivity index (χ3v) is 3.88. The standard InChI is InChI=1S/C16H15F2NO3/c1-3-22-16(21)14-8(2)19(9-4-5-9)13-7-12(18)11(17)6-10(13)15(14)20/h6-7,9H,3-5H2,1-2H3. The van der Waals surface area contributed by atoms with Crippen molar-refractivity contribution in [3.63, 3.8) is 0 Å². The minimum Gasteiger partial charge on any atom is -0.462 e. The highest BCUT2D eigenvalue weighted by atomic mass is 19.2. The molecule has 0 saturated heterocycles. The fraction of sp³-hybridized carbons (Fsp3) is 0.375. The number of carbonyl (C=O) groups is 1. The van der Waals surface area contributed by atoms with E-state index in [4.69, 9.17) is 4.74 Å². The van der Waals surface area contributed by atoms with Crippen LogP contribution >= 0.6 is 0 Å². The Labute approximate surface area is 125 Å². The average molecular weight is 307 g/mol. The van der Waals surface area contributed by atoms with E-state index in [-0.39, 0.29) is 23.6 Å². The van der Waals surface area contributed by atoms with Gasteiger partial charge < -0.3 is 9.30 Å². The van der Waals surface area contributed by atoms with Crippen molar-refractivity contribution < 1.29 is 18.3 Å². The molecule has 4 nitrogen and oxygen atoms in total. The second-order valence-corrected chi connectivity index (χ2v) is 5.39. The van der Waals surface area contributed by atoms with Crippen LogP contribution in [0.2, 0.25) is 0 Å². The lowest BCUT2D eigenvalue weighted by molar-refractivity contribution is 0.0523. The van der Waals surface area contributed by atoms with Crippen LogP contribution in [0.25, 0.3) is 10.9 Å². The molecule has 2 aromatic rings. The van der Waals surface area contributed by atoms with E-state index in [1.165, 1.54) is 0 Å². The summed E-state index contributed by atoms with van der Waals surface area (Å²) in [6, 6.07) is 1.97. The van der Waals surface area contributed by atoms with Crippen molar-refractivity contribution in [1.82, 2.24) is 4.57 Å². The molecule has 0 aliphatic heterocycles. The molecule has 0 atom stereocenters. The Morgan fingerprint density at radius 2 is 1.95 bits per heavy atom. The fourth-order valence-electron chi connectivity index (χ4n) is 2.76. The summed E-state index contributed by atoms with van der Waals surface area (Å²) in [6.45, 7) is 3.41. The van der Waals surface area contributed by atoms with E-state index in [0.29, 0.717) is 11.2 Å². The van der Waals surface area contributed by atoms with Crippen LogP contribution in [-0.4, -0.2) is 17.1 Å². The van der Waals surface area contributed by atoms with E-state index < -0.39 is 23.0 Å². The summed E-state index contributed by atoms with van der Waals surface area (Å²) in [5.74, 6) is -2.85. The van der Waals surface area contributed by atoms with E-state index in [1.54, 1.807) is 18.4 Å². The smallest absolute Gasteiger partial charge is 0.343 e. The van der Waals surface area contributed by atoms with Crippen LogP contribution in [0, 0.1) is 18.6 Å². The van der Waals surface area contributed by atoms with E-state index in [0.717, 1.165) is 25.0 Å². The van der Waals surface area contributed by atoms with Crippen molar-refractivity contribution in [1.29, 1.82) is 0 Å². The van der Waals surface area contributed by atoms with Gasteiger partial charge in [0, 0.05) is 23.2 Å². The summed E-state index contributed by atoms with van der Waals surface area (Å²) in [5.41, 5.74) is 0.0235. The van der Waals surface area contributed by atoms with Gasteiger partial charge in [0.15, 0.2) is 11.6 Å². The summed E-state index contributed by atoms with van der Waals surface area (Å²) >= 11 is 0. The van der Waals surface area contributed by atoms with Crippen molar-refractivity contribution in [2.45, 2.75) is 32.7 Å². The van der Waals surface area contributed by atoms with Crippen LogP contribution in [0.3, 0.4) is 0 Å². The number of carbonyl (C=O) groups excluding carboxylic acids is 1. The number of nitrogens with zero attached hydrogens (tertiary/aromatic N) is 1. The highest BCUT2D eigenvalue weighted by Gasteiger charge is 2.30. The average Bonchev–Trinajstić information content (AvgIpc) is 3.26. The van der Waals surface area contributed by atoms with E-state index in [9.17, 15) is 18.4 Å². The van der Waals surface area contributed by atoms with Gasteiger partial charge in [-0.25, -0.2) is 13.6 Å². The van der Waals surface area contributed by atoms with E-state index in [1.807, 2.05) is 0 Å². The van der Waals surface area contributed by atoms with Gasteiger partial charge in [0.05, 0.1) is 12.1 Å². The fourth-order valence-corrected chi connectivity index (χ4v) is 2.76. The lowest BCUT2D eigenvalue weighted by Gasteiger charge is -2.17. The molecule has 0 spiro atoms. The number of ether oxygens (including phenoxy) is 1. The predicted octanol–water partition coefficient (Wildman–Crippen LogP) is 3.10. The summed E-state index contributed by atoms with van der Waals surface area (Å²) in [5, 5.41) is -0.000506. The first kappa shape index (κ1) is 14.7. The lowest BCUT2D eigenvalue weighted by Crippen LogP contribution is -2.24. The molecule has 1 aliphatic rings. The number of halogens is 2. The number of aromatic nitrogens is 1. The Balaban J connectivity index is 2.40. The second kappa shape index (κ2) is 5.19. The van der Waals surface area contributed by atoms with Crippen molar-refractivity contribution in [2.24, 2.45) is 0 Å². The molecule has 1 saturated carbocycles. The number of esters is 1. The maximum Gasteiger partial charge on any atom is 0.343 e. The van der Waals surface area contributed by atoms with Crippen LogP contribution in [-0.2, 0) is 4.74 Å². The van der Waals surface area contributed by atoms with Crippen molar-refractivity contribution in [3.8, 4) is 0 Å². The molecular formula is C16H15F2NO3. The van der Waals surface area contributed by atoms with E-state index in [2.05, 4.69) is 0 Å². The van der Waals surface area contributed by atoms with Gasteiger partial charge in [0.1, 0.15) is 5.56 Å². The molecule has 0 radical (unpaired) electrons. The molecule has 116 valence electrons. The summed E-state index contributed by atoms with van der Waals surface area (Å²) in [4.78, 5) is 24.6. The first-order chi connectivity index (χ1) is 10.5. The monoisotopic (exact) mass is 307 g/mol. The predicted molar refractivity (Wildman–Crippen MR) is 77.1 cm³/mol. The molecule has 6 heteroatoms. The SMILES string of the molecule is CCOC(=O)c1c(C)n(C2CC2)c2cc(F)c(F)cc2c1=O. The molecule has 22 heavy (non-hydrogen) atoms. The highest BCUT2D eigenvalue weighted by molar-refractivity contribution is 5.95. The second-order valence-electron chi connectivity index (χ2n) is 5.39. The van der Waals surface area contributed by atoms with Crippen LogP contribution in [0.5, 0.6) is 0 Å². The first-order valence-corrected chi connectivity index (χ1v) is 7.16. The Hall–Kier alpha value is -2.24. The van der Waals surface area contributed by atoms with Gasteiger partial charge in [-0.3, -0.25) is 4.79 Å². The molecule has 1 aromatic carbocycles. The van der Waals surface area contributed by atoms with Gasteiger partial charge in [-0.05, 0) is 32.8 Å². The maximum absolute atomic E-state index is 13.6. The van der Waals surface area contributed by atoms with Gasteiger partial charge in [0.2, 0.25) is 5.43 Å². The number of hydrogen-bond acceptors (Lipinski definition) is 3. The summed E-state index contributed by atoms with van der Waals surface area (Å²) in [7, 11) is 0. The van der Waals surface area contributed by atoms with Gasteiger partial charge in [0.25, 0.3) is 0 Å². The molecule has 0 amide bonds. The molecule has 0 bridgehead atoms. The van der Waals surface area contributed by atoms with Gasteiger partial charge in [-0.1, -0.05) is 0 Å². The van der Waals surface area contributed by atoms with Crippen molar-refractivity contribution in [2.75, 3.05) is 6.61 Å². The Bertz CT molecular complexity index is 838. The number of hydrogen-bond donors (Lipinski definition) is 0. The Morgan fingerprint density at radius 3 is 2.55 bits per heavy atom. The molecule has 1 aliphatic carbocycles. The number of benzene rings is 1. The summed E-state index contributed by atoms with van der Waals surface area (Å²) < 4.78 is 33.8. The van der Waals surface area contributed by atoms with Gasteiger partial charge >= 0.3 is 5.97 Å². The van der Waals surface area contributed by atoms with Gasteiger partial charge in [-0.15, -0.1) is 0 Å². The number of fused-ring (bicyclic) bond motifs is 1. The Kier molecular flexibility index (Phi) is 3.47. The first-order valence-electron chi connectivity index (χ1n) is 7.16.